The second-order valence-electron chi connectivity index (χ2n) is 8.68. The van der Waals surface area contributed by atoms with Gasteiger partial charge >= 0.3 is 0 Å². The molecule has 0 radical (unpaired) electrons. The topological polar surface area (TPSA) is 37.4 Å². The smallest absolute Gasteiger partial charge is 0.238 e. The molecule has 1 aliphatic heterocycles. The zero-order chi connectivity index (χ0) is 22.7. The van der Waals surface area contributed by atoms with Crippen molar-refractivity contribution in [2.24, 2.45) is 23.7 Å². The fraction of sp³-hybridized carbons (Fsp3) is 0.143. The standard InChI is InChI=1S/C28H19F2NO2/c29-18-10-6-16(7-11-18)23(17-8-12-19(30)13-9-17)24-21-14-15-22(24)26-25(21)27(32)31(28(26)33)20-4-2-1-3-5-20/h1-15,21-22,25-26H/t21-,22+,25+,26-. The Morgan fingerprint density at radius 1 is 0.636 bits per heavy atom. The van der Waals surface area contributed by atoms with Gasteiger partial charge in [0.2, 0.25) is 11.8 Å². The molecule has 1 heterocycles. The minimum atomic E-state index is -0.474. The molecule has 33 heavy (non-hydrogen) atoms. The summed E-state index contributed by atoms with van der Waals surface area (Å²) in [5.41, 5.74) is 3.94. The number of anilines is 1. The van der Waals surface area contributed by atoms with E-state index in [9.17, 15) is 18.4 Å². The summed E-state index contributed by atoms with van der Waals surface area (Å²) in [5.74, 6) is -2.51. The SMILES string of the molecule is O=C1[C@@H]2[C@H](C(=O)N1c1ccccc1)[C@H]1C=C[C@@H]2C1=C(c1ccc(F)cc1)c1ccc(F)cc1. The van der Waals surface area contributed by atoms with E-state index in [4.69, 9.17) is 0 Å². The molecule has 1 saturated heterocycles. The number of para-hydroxylation sites is 1. The first kappa shape index (κ1) is 19.8. The van der Waals surface area contributed by atoms with E-state index in [1.807, 2.05) is 30.4 Å². The molecular formula is C28H19F2NO2. The van der Waals surface area contributed by atoms with Crippen LogP contribution in [0.1, 0.15) is 11.1 Å². The van der Waals surface area contributed by atoms with Crippen LogP contribution in [0, 0.1) is 35.3 Å². The van der Waals surface area contributed by atoms with Gasteiger partial charge in [-0.05, 0) is 58.7 Å². The fourth-order valence-electron chi connectivity index (χ4n) is 5.66. The lowest BCUT2D eigenvalue weighted by atomic mass is 9.85. The van der Waals surface area contributed by atoms with Crippen molar-refractivity contribution in [1.29, 1.82) is 0 Å². The van der Waals surface area contributed by atoms with Gasteiger partial charge in [-0.1, -0.05) is 54.6 Å². The van der Waals surface area contributed by atoms with Gasteiger partial charge < -0.3 is 0 Å². The van der Waals surface area contributed by atoms with Crippen molar-refractivity contribution in [3.63, 3.8) is 0 Å². The van der Waals surface area contributed by atoms with Gasteiger partial charge in [0.25, 0.3) is 0 Å². The molecule has 2 bridgehead atoms. The van der Waals surface area contributed by atoms with Crippen molar-refractivity contribution in [2.45, 2.75) is 0 Å². The number of halogens is 2. The lowest BCUT2D eigenvalue weighted by molar-refractivity contribution is -0.122. The molecule has 0 aromatic heterocycles. The molecule has 0 spiro atoms. The van der Waals surface area contributed by atoms with Crippen LogP contribution in [0.15, 0.2) is 96.6 Å². The minimum Gasteiger partial charge on any atom is -0.274 e. The molecule has 3 nitrogen and oxygen atoms in total. The number of benzene rings is 3. The van der Waals surface area contributed by atoms with Crippen LogP contribution in [0.2, 0.25) is 0 Å². The third-order valence-electron chi connectivity index (χ3n) is 6.98. The van der Waals surface area contributed by atoms with Gasteiger partial charge in [-0.2, -0.15) is 0 Å². The van der Waals surface area contributed by atoms with Crippen LogP contribution < -0.4 is 4.90 Å². The second kappa shape index (κ2) is 7.34. The lowest BCUT2D eigenvalue weighted by Crippen LogP contribution is -2.33. The molecule has 0 N–H and O–H groups in total. The minimum absolute atomic E-state index is 0.192. The fourth-order valence-corrected chi connectivity index (χ4v) is 5.66. The molecule has 6 rings (SSSR count). The first-order valence-corrected chi connectivity index (χ1v) is 10.9. The Morgan fingerprint density at radius 2 is 1.09 bits per heavy atom. The molecule has 162 valence electrons. The van der Waals surface area contributed by atoms with Crippen molar-refractivity contribution in [3.8, 4) is 0 Å². The number of fused-ring (bicyclic) bond motifs is 5. The van der Waals surface area contributed by atoms with Crippen LogP contribution in [0.25, 0.3) is 5.57 Å². The highest BCUT2D eigenvalue weighted by molar-refractivity contribution is 6.23. The van der Waals surface area contributed by atoms with Crippen molar-refractivity contribution in [1.82, 2.24) is 0 Å². The van der Waals surface area contributed by atoms with E-state index in [1.165, 1.54) is 29.2 Å². The maximum atomic E-state index is 13.7. The Hall–Kier alpha value is -3.86. The quantitative estimate of drug-likeness (QED) is 0.406. The largest absolute Gasteiger partial charge is 0.274 e. The molecule has 4 atom stereocenters. The number of hydrogen-bond donors (Lipinski definition) is 0. The van der Waals surface area contributed by atoms with Crippen molar-refractivity contribution in [3.05, 3.63) is 119 Å². The third kappa shape index (κ3) is 2.92. The molecule has 5 heteroatoms. The van der Waals surface area contributed by atoms with Gasteiger partial charge in [0.1, 0.15) is 11.6 Å². The predicted octanol–water partition coefficient (Wildman–Crippen LogP) is 5.39. The maximum absolute atomic E-state index is 13.7. The van der Waals surface area contributed by atoms with Crippen LogP contribution in [-0.4, -0.2) is 11.8 Å². The van der Waals surface area contributed by atoms with Gasteiger partial charge in [-0.15, -0.1) is 0 Å². The number of imide groups is 1. The number of carbonyl (C=O) groups is 2. The Morgan fingerprint density at radius 3 is 1.55 bits per heavy atom. The number of hydrogen-bond acceptors (Lipinski definition) is 2. The van der Waals surface area contributed by atoms with Gasteiger partial charge in [0, 0.05) is 11.8 Å². The normalized spacial score (nSPS) is 25.2. The van der Waals surface area contributed by atoms with Gasteiger partial charge in [-0.3, -0.25) is 9.59 Å². The molecule has 0 unspecified atom stereocenters. The number of amides is 2. The van der Waals surface area contributed by atoms with Gasteiger partial charge in [0.05, 0.1) is 17.5 Å². The van der Waals surface area contributed by atoms with Crippen LogP contribution in [0.3, 0.4) is 0 Å². The molecule has 3 aromatic carbocycles. The summed E-state index contributed by atoms with van der Waals surface area (Å²) < 4.78 is 27.3. The monoisotopic (exact) mass is 439 g/mol. The Kier molecular flexibility index (Phi) is 4.40. The first-order valence-electron chi connectivity index (χ1n) is 10.9. The maximum Gasteiger partial charge on any atom is 0.238 e. The highest BCUT2D eigenvalue weighted by atomic mass is 19.1. The summed E-state index contributed by atoms with van der Waals surface area (Å²) in [6.07, 6.45) is 4.02. The van der Waals surface area contributed by atoms with Crippen molar-refractivity contribution >= 4 is 23.1 Å². The zero-order valence-corrected chi connectivity index (χ0v) is 17.5. The number of rotatable bonds is 3. The van der Waals surface area contributed by atoms with Crippen LogP contribution in [0.4, 0.5) is 14.5 Å². The molecule has 3 aliphatic rings. The number of carbonyl (C=O) groups excluding carboxylic acids is 2. The lowest BCUT2D eigenvalue weighted by Gasteiger charge is -2.21. The molecule has 3 aromatic rings. The molecular weight excluding hydrogens is 420 g/mol. The third-order valence-corrected chi connectivity index (χ3v) is 6.98. The van der Waals surface area contributed by atoms with E-state index in [-0.39, 0.29) is 35.3 Å². The van der Waals surface area contributed by atoms with Crippen molar-refractivity contribution in [2.75, 3.05) is 4.90 Å². The summed E-state index contributed by atoms with van der Waals surface area (Å²) in [6.45, 7) is 0. The molecule has 2 aliphatic carbocycles. The van der Waals surface area contributed by atoms with E-state index in [0.717, 1.165) is 22.3 Å². The average molecular weight is 439 g/mol. The number of nitrogens with zero attached hydrogens (tertiary/aromatic N) is 1. The highest BCUT2D eigenvalue weighted by Gasteiger charge is 2.62. The van der Waals surface area contributed by atoms with Crippen LogP contribution in [-0.2, 0) is 9.59 Å². The van der Waals surface area contributed by atoms with E-state index in [2.05, 4.69) is 0 Å². The van der Waals surface area contributed by atoms with Gasteiger partial charge in [0.15, 0.2) is 0 Å². The molecule has 2 amide bonds. The van der Waals surface area contributed by atoms with E-state index in [1.54, 1.807) is 36.4 Å². The van der Waals surface area contributed by atoms with E-state index in [0.29, 0.717) is 5.69 Å². The van der Waals surface area contributed by atoms with Crippen molar-refractivity contribution < 1.29 is 18.4 Å². The van der Waals surface area contributed by atoms with Crippen LogP contribution >= 0.6 is 0 Å². The molecule has 1 saturated carbocycles. The summed E-state index contributed by atoms with van der Waals surface area (Å²) in [4.78, 5) is 28.2. The number of allylic oxidation sites excluding steroid dienone is 3. The second-order valence-corrected chi connectivity index (χ2v) is 8.68. The molecule has 2 fully saturated rings. The summed E-state index contributed by atoms with van der Waals surface area (Å²) in [7, 11) is 0. The highest BCUT2D eigenvalue weighted by Crippen LogP contribution is 2.58. The Balaban J connectivity index is 1.50. The Labute approximate surface area is 189 Å². The van der Waals surface area contributed by atoms with Crippen LogP contribution in [0.5, 0.6) is 0 Å². The summed E-state index contributed by atoms with van der Waals surface area (Å²) in [6, 6.07) is 21.3. The summed E-state index contributed by atoms with van der Waals surface area (Å²) in [5, 5.41) is 0. The van der Waals surface area contributed by atoms with E-state index >= 15 is 0 Å². The Bertz CT molecular complexity index is 1250. The average Bonchev–Trinajstić information content (AvgIpc) is 3.46. The predicted molar refractivity (Wildman–Crippen MR) is 121 cm³/mol. The van der Waals surface area contributed by atoms with E-state index < -0.39 is 11.8 Å². The first-order chi connectivity index (χ1) is 16.0. The zero-order valence-electron chi connectivity index (χ0n) is 17.5. The van der Waals surface area contributed by atoms with Gasteiger partial charge in [-0.25, -0.2) is 13.7 Å². The summed E-state index contributed by atoms with van der Waals surface area (Å²) >= 11 is 0.